The summed E-state index contributed by atoms with van der Waals surface area (Å²) < 4.78 is 1.99. The Balaban J connectivity index is 1.71. The summed E-state index contributed by atoms with van der Waals surface area (Å²) in [6, 6.07) is 1.45. The van der Waals surface area contributed by atoms with E-state index in [0.29, 0.717) is 0 Å². The van der Waals surface area contributed by atoms with E-state index in [2.05, 4.69) is 22.2 Å². The molecule has 0 radical (unpaired) electrons. The molecule has 0 saturated carbocycles. The number of hydrogen-bond donors (Lipinski definition) is 1. The first-order valence-electron chi connectivity index (χ1n) is 7.70. The molecule has 3 heterocycles. The van der Waals surface area contributed by atoms with E-state index in [4.69, 9.17) is 0 Å². The Morgan fingerprint density at radius 1 is 1.32 bits per heavy atom. The Morgan fingerprint density at radius 2 is 2.21 bits per heavy atom. The van der Waals surface area contributed by atoms with Crippen molar-refractivity contribution in [3.63, 3.8) is 0 Å². The van der Waals surface area contributed by atoms with Crippen LogP contribution in [0.15, 0.2) is 6.20 Å². The molecule has 0 aliphatic carbocycles. The van der Waals surface area contributed by atoms with E-state index < -0.39 is 0 Å². The Kier molecular flexibility index (Phi) is 3.89. The SMILES string of the molecule is Cc1c(CN2CCCCC2C2CCCN2)cnn1C. The van der Waals surface area contributed by atoms with Crippen molar-refractivity contribution in [1.29, 1.82) is 0 Å². The highest BCUT2D eigenvalue weighted by atomic mass is 15.3. The van der Waals surface area contributed by atoms with Gasteiger partial charge in [-0.2, -0.15) is 5.10 Å². The Bertz CT molecular complexity index is 420. The second-order valence-corrected chi connectivity index (χ2v) is 6.12. The average molecular weight is 262 g/mol. The number of aryl methyl sites for hydroxylation is 1. The molecule has 0 aromatic carbocycles. The predicted molar refractivity (Wildman–Crippen MR) is 77.0 cm³/mol. The molecule has 4 heteroatoms. The molecule has 0 bridgehead atoms. The Hall–Kier alpha value is -0.870. The van der Waals surface area contributed by atoms with Crippen LogP contribution in [0.1, 0.15) is 43.4 Å². The van der Waals surface area contributed by atoms with Crippen molar-refractivity contribution in [2.75, 3.05) is 13.1 Å². The van der Waals surface area contributed by atoms with Crippen molar-refractivity contribution in [2.45, 2.75) is 57.7 Å². The standard InChI is InChI=1S/C15H26N4/c1-12-13(10-17-18(12)2)11-19-9-4-3-7-15(19)14-6-5-8-16-14/h10,14-16H,3-9,11H2,1-2H3. The van der Waals surface area contributed by atoms with Crippen molar-refractivity contribution in [3.8, 4) is 0 Å². The van der Waals surface area contributed by atoms with E-state index in [9.17, 15) is 0 Å². The van der Waals surface area contributed by atoms with Gasteiger partial charge in [0, 0.05) is 36.9 Å². The molecule has 2 atom stereocenters. The van der Waals surface area contributed by atoms with Gasteiger partial charge in [-0.1, -0.05) is 6.42 Å². The summed E-state index contributed by atoms with van der Waals surface area (Å²) in [6.45, 7) is 5.70. The summed E-state index contributed by atoms with van der Waals surface area (Å²) in [5.41, 5.74) is 2.70. The highest BCUT2D eigenvalue weighted by Crippen LogP contribution is 2.26. The monoisotopic (exact) mass is 262 g/mol. The molecule has 2 aliphatic heterocycles. The summed E-state index contributed by atoms with van der Waals surface area (Å²) >= 11 is 0. The number of rotatable bonds is 3. The normalized spacial score (nSPS) is 28.9. The molecule has 1 aromatic heterocycles. The lowest BCUT2D eigenvalue weighted by molar-refractivity contribution is 0.112. The molecule has 1 aromatic rings. The van der Waals surface area contributed by atoms with Gasteiger partial charge in [0.1, 0.15) is 0 Å². The summed E-state index contributed by atoms with van der Waals surface area (Å²) in [5.74, 6) is 0. The quantitative estimate of drug-likeness (QED) is 0.902. The van der Waals surface area contributed by atoms with Gasteiger partial charge in [0.2, 0.25) is 0 Å². The molecule has 2 saturated heterocycles. The van der Waals surface area contributed by atoms with Crippen LogP contribution in [0.2, 0.25) is 0 Å². The summed E-state index contributed by atoms with van der Waals surface area (Å²) in [6.07, 6.45) is 8.85. The van der Waals surface area contributed by atoms with E-state index in [0.717, 1.165) is 18.6 Å². The Morgan fingerprint density at radius 3 is 2.89 bits per heavy atom. The second-order valence-electron chi connectivity index (χ2n) is 6.12. The van der Waals surface area contributed by atoms with E-state index in [1.54, 1.807) is 0 Å². The number of likely N-dealkylation sites (tertiary alicyclic amines) is 1. The topological polar surface area (TPSA) is 33.1 Å². The molecule has 19 heavy (non-hydrogen) atoms. The third-order valence-electron chi connectivity index (χ3n) is 4.94. The number of hydrogen-bond acceptors (Lipinski definition) is 3. The Labute approximate surface area is 116 Å². The largest absolute Gasteiger partial charge is 0.312 e. The van der Waals surface area contributed by atoms with E-state index >= 15 is 0 Å². The molecular formula is C15H26N4. The highest BCUT2D eigenvalue weighted by molar-refractivity contribution is 5.16. The van der Waals surface area contributed by atoms with Crippen LogP contribution in [0.3, 0.4) is 0 Å². The van der Waals surface area contributed by atoms with Gasteiger partial charge in [0.15, 0.2) is 0 Å². The molecule has 2 fully saturated rings. The third-order valence-corrected chi connectivity index (χ3v) is 4.94. The van der Waals surface area contributed by atoms with Crippen LogP contribution < -0.4 is 5.32 Å². The van der Waals surface area contributed by atoms with Gasteiger partial charge in [-0.3, -0.25) is 9.58 Å². The van der Waals surface area contributed by atoms with Gasteiger partial charge >= 0.3 is 0 Å². The van der Waals surface area contributed by atoms with Gasteiger partial charge < -0.3 is 5.32 Å². The third kappa shape index (κ3) is 2.70. The van der Waals surface area contributed by atoms with Crippen LogP contribution in [-0.4, -0.2) is 39.9 Å². The molecule has 4 nitrogen and oxygen atoms in total. The van der Waals surface area contributed by atoms with Crippen molar-refractivity contribution in [1.82, 2.24) is 20.0 Å². The molecule has 0 amide bonds. The lowest BCUT2D eigenvalue weighted by Gasteiger charge is -2.39. The van der Waals surface area contributed by atoms with Crippen LogP contribution in [-0.2, 0) is 13.6 Å². The highest BCUT2D eigenvalue weighted by Gasteiger charge is 2.31. The van der Waals surface area contributed by atoms with Gasteiger partial charge in [-0.15, -0.1) is 0 Å². The molecule has 3 rings (SSSR count). The summed E-state index contributed by atoms with van der Waals surface area (Å²) in [7, 11) is 2.03. The first-order chi connectivity index (χ1) is 9.25. The maximum absolute atomic E-state index is 4.38. The lowest BCUT2D eigenvalue weighted by Crippen LogP contribution is -2.49. The maximum Gasteiger partial charge on any atom is 0.0537 e. The fourth-order valence-corrected chi connectivity index (χ4v) is 3.63. The minimum absolute atomic E-state index is 0.720. The minimum Gasteiger partial charge on any atom is -0.312 e. The van der Waals surface area contributed by atoms with Crippen LogP contribution in [0, 0.1) is 6.92 Å². The van der Waals surface area contributed by atoms with Crippen molar-refractivity contribution in [2.24, 2.45) is 7.05 Å². The van der Waals surface area contributed by atoms with Crippen molar-refractivity contribution in [3.05, 3.63) is 17.5 Å². The number of nitrogens with zero attached hydrogens (tertiary/aromatic N) is 3. The van der Waals surface area contributed by atoms with E-state index in [-0.39, 0.29) is 0 Å². The molecule has 0 spiro atoms. The van der Waals surface area contributed by atoms with Crippen LogP contribution in [0.4, 0.5) is 0 Å². The van der Waals surface area contributed by atoms with Gasteiger partial charge in [-0.25, -0.2) is 0 Å². The van der Waals surface area contributed by atoms with Gasteiger partial charge in [-0.05, 0) is 45.7 Å². The van der Waals surface area contributed by atoms with Crippen molar-refractivity contribution < 1.29 is 0 Å². The van der Waals surface area contributed by atoms with Crippen LogP contribution in [0.25, 0.3) is 0 Å². The van der Waals surface area contributed by atoms with E-state index in [1.165, 1.54) is 56.5 Å². The fourth-order valence-electron chi connectivity index (χ4n) is 3.63. The number of aromatic nitrogens is 2. The maximum atomic E-state index is 4.38. The van der Waals surface area contributed by atoms with Crippen molar-refractivity contribution >= 4 is 0 Å². The zero-order valence-corrected chi connectivity index (χ0v) is 12.2. The zero-order valence-electron chi connectivity index (χ0n) is 12.2. The molecule has 2 aliphatic rings. The van der Waals surface area contributed by atoms with Crippen LogP contribution >= 0.6 is 0 Å². The predicted octanol–water partition coefficient (Wildman–Crippen LogP) is 1.84. The zero-order chi connectivity index (χ0) is 13.2. The van der Waals surface area contributed by atoms with Gasteiger partial charge in [0.05, 0.1) is 6.20 Å². The molecule has 1 N–H and O–H groups in total. The van der Waals surface area contributed by atoms with Gasteiger partial charge in [0.25, 0.3) is 0 Å². The molecule has 2 unspecified atom stereocenters. The van der Waals surface area contributed by atoms with Crippen LogP contribution in [0.5, 0.6) is 0 Å². The lowest BCUT2D eigenvalue weighted by atomic mass is 9.94. The summed E-state index contributed by atoms with van der Waals surface area (Å²) in [5, 5.41) is 8.08. The first kappa shape index (κ1) is 13.1. The first-order valence-corrected chi connectivity index (χ1v) is 7.70. The molecular weight excluding hydrogens is 236 g/mol. The minimum atomic E-state index is 0.720. The fraction of sp³-hybridized carbons (Fsp3) is 0.800. The average Bonchev–Trinajstić information content (AvgIpc) is 3.05. The second kappa shape index (κ2) is 5.63. The smallest absolute Gasteiger partial charge is 0.0537 e. The van der Waals surface area contributed by atoms with E-state index in [1.807, 2.05) is 17.9 Å². The molecule has 106 valence electrons. The summed E-state index contributed by atoms with van der Waals surface area (Å²) in [4.78, 5) is 2.69. The number of piperidine rings is 1. The number of nitrogens with one attached hydrogen (secondary N) is 1.